The third-order valence-corrected chi connectivity index (χ3v) is 4.59. The summed E-state index contributed by atoms with van der Waals surface area (Å²) in [5, 5.41) is 12.1. The van der Waals surface area contributed by atoms with Crippen molar-refractivity contribution in [2.24, 2.45) is 5.92 Å². The summed E-state index contributed by atoms with van der Waals surface area (Å²) in [6, 6.07) is -0.0394. The average Bonchev–Trinajstić information content (AvgIpc) is 2.52. The summed E-state index contributed by atoms with van der Waals surface area (Å²) in [4.78, 5) is 15.8. The van der Waals surface area contributed by atoms with Crippen LogP contribution in [0.15, 0.2) is 0 Å². The minimum Gasteiger partial charge on any atom is -0.383 e. The van der Waals surface area contributed by atoms with Crippen LogP contribution in [0.2, 0.25) is 0 Å². The number of hydrogen-bond acceptors (Lipinski definition) is 3. The second kappa shape index (κ2) is 8.73. The molecule has 0 aliphatic carbocycles. The van der Waals surface area contributed by atoms with Gasteiger partial charge in [0.25, 0.3) is 0 Å². The third kappa shape index (κ3) is 5.84. The number of piperidine rings is 1. The van der Waals surface area contributed by atoms with E-state index in [0.29, 0.717) is 6.54 Å². The maximum atomic E-state index is 12.5. The quantitative estimate of drug-likeness (QED) is 0.779. The van der Waals surface area contributed by atoms with Gasteiger partial charge in [0.2, 0.25) is 0 Å². The van der Waals surface area contributed by atoms with Gasteiger partial charge in [0.1, 0.15) is 0 Å². The molecule has 1 heterocycles. The molecule has 0 aromatic rings. The van der Waals surface area contributed by atoms with Crippen LogP contribution in [0.5, 0.6) is 0 Å². The Morgan fingerprint density at radius 2 is 1.83 bits per heavy atom. The van der Waals surface area contributed by atoms with Crippen LogP contribution < -0.4 is 5.32 Å². The highest BCUT2D eigenvalue weighted by molar-refractivity contribution is 5.74. The molecule has 23 heavy (non-hydrogen) atoms. The molecule has 8 heteroatoms. The average molecular weight is 339 g/mol. The van der Waals surface area contributed by atoms with Crippen molar-refractivity contribution in [3.8, 4) is 0 Å². The van der Waals surface area contributed by atoms with E-state index in [1.807, 2.05) is 6.92 Å². The van der Waals surface area contributed by atoms with Crippen molar-refractivity contribution in [2.45, 2.75) is 51.9 Å². The van der Waals surface area contributed by atoms with Crippen LogP contribution in [0.4, 0.5) is 18.0 Å². The van der Waals surface area contributed by atoms with E-state index < -0.39 is 18.2 Å². The van der Waals surface area contributed by atoms with Gasteiger partial charge in [-0.2, -0.15) is 13.2 Å². The van der Waals surface area contributed by atoms with E-state index in [9.17, 15) is 23.1 Å². The molecule has 1 aliphatic rings. The Kier molecular flexibility index (Phi) is 7.60. The molecular formula is C15H28F3N3O2. The number of carbonyl (C=O) groups is 1. The SMILES string of the molecule is CCN(CC)C(C)CNC(=O)N1CCC(C(O)C(F)(F)F)CC1. The highest BCUT2D eigenvalue weighted by atomic mass is 19.4. The summed E-state index contributed by atoms with van der Waals surface area (Å²) in [6.45, 7) is 8.91. The second-order valence-electron chi connectivity index (χ2n) is 6.07. The summed E-state index contributed by atoms with van der Waals surface area (Å²) in [6.07, 6.45) is -6.55. The normalized spacial score (nSPS) is 19.7. The van der Waals surface area contributed by atoms with Crippen LogP contribution in [0.1, 0.15) is 33.6 Å². The lowest BCUT2D eigenvalue weighted by Crippen LogP contribution is -2.50. The number of urea groups is 1. The molecule has 0 saturated carbocycles. The number of hydrogen-bond donors (Lipinski definition) is 2. The first-order valence-corrected chi connectivity index (χ1v) is 8.22. The molecule has 0 aromatic heterocycles. The smallest absolute Gasteiger partial charge is 0.383 e. The van der Waals surface area contributed by atoms with Crippen molar-refractivity contribution in [3.63, 3.8) is 0 Å². The lowest BCUT2D eigenvalue weighted by atomic mass is 9.91. The van der Waals surface area contributed by atoms with Crippen LogP contribution in [-0.4, -0.2) is 72.0 Å². The molecular weight excluding hydrogens is 311 g/mol. The molecule has 0 aromatic carbocycles. The fourth-order valence-electron chi connectivity index (χ4n) is 3.01. The molecule has 0 radical (unpaired) electrons. The predicted octanol–water partition coefficient (Wildman–Crippen LogP) is 2.06. The van der Waals surface area contributed by atoms with E-state index in [2.05, 4.69) is 24.1 Å². The Labute approximate surface area is 135 Å². The molecule has 2 N–H and O–H groups in total. The number of alkyl halides is 3. The van der Waals surface area contributed by atoms with Gasteiger partial charge in [0.05, 0.1) is 0 Å². The summed E-state index contributed by atoms with van der Waals surface area (Å²) in [5.74, 6) is -0.825. The monoisotopic (exact) mass is 339 g/mol. The Balaban J connectivity index is 2.38. The summed E-state index contributed by atoms with van der Waals surface area (Å²) in [5.41, 5.74) is 0. The van der Waals surface area contributed by atoms with Crippen LogP contribution in [-0.2, 0) is 0 Å². The van der Waals surface area contributed by atoms with E-state index in [-0.39, 0.29) is 38.0 Å². The number of likely N-dealkylation sites (tertiary alicyclic amines) is 1. The van der Waals surface area contributed by atoms with Crippen molar-refractivity contribution in [1.29, 1.82) is 0 Å². The Bertz CT molecular complexity index is 367. The predicted molar refractivity (Wildman–Crippen MR) is 82.1 cm³/mol. The van der Waals surface area contributed by atoms with Crippen LogP contribution >= 0.6 is 0 Å². The highest BCUT2D eigenvalue weighted by Gasteiger charge is 2.44. The standard InChI is InChI=1S/C15H28F3N3O2/c1-4-20(5-2)11(3)10-19-14(23)21-8-6-12(7-9-21)13(22)15(16,17)18/h11-13,22H,4-10H2,1-3H3,(H,19,23). The lowest BCUT2D eigenvalue weighted by Gasteiger charge is -2.35. The van der Waals surface area contributed by atoms with Crippen molar-refractivity contribution in [1.82, 2.24) is 15.1 Å². The number of likely N-dealkylation sites (N-methyl/N-ethyl adjacent to an activating group) is 1. The molecule has 1 fully saturated rings. The van der Waals surface area contributed by atoms with Gasteiger partial charge < -0.3 is 15.3 Å². The Morgan fingerprint density at radius 1 is 1.30 bits per heavy atom. The van der Waals surface area contributed by atoms with Gasteiger partial charge in [-0.25, -0.2) is 4.79 Å². The fourth-order valence-corrected chi connectivity index (χ4v) is 3.01. The molecule has 0 bridgehead atoms. The van der Waals surface area contributed by atoms with Gasteiger partial charge in [-0.1, -0.05) is 13.8 Å². The van der Waals surface area contributed by atoms with Crippen LogP contribution in [0.25, 0.3) is 0 Å². The number of carbonyl (C=O) groups excluding carboxylic acids is 1. The molecule has 2 atom stereocenters. The van der Waals surface area contributed by atoms with Crippen LogP contribution in [0, 0.1) is 5.92 Å². The molecule has 2 amide bonds. The zero-order chi connectivity index (χ0) is 17.6. The number of aliphatic hydroxyl groups excluding tert-OH is 1. The fraction of sp³-hybridized carbons (Fsp3) is 0.933. The minimum atomic E-state index is -4.59. The number of aliphatic hydroxyl groups is 1. The first-order chi connectivity index (χ1) is 10.7. The van der Waals surface area contributed by atoms with Gasteiger partial charge >= 0.3 is 12.2 Å². The van der Waals surface area contributed by atoms with Gasteiger partial charge in [-0.05, 0) is 38.8 Å². The molecule has 136 valence electrons. The first kappa shape index (κ1) is 20.0. The van der Waals surface area contributed by atoms with E-state index in [4.69, 9.17) is 0 Å². The van der Waals surface area contributed by atoms with Crippen molar-refractivity contribution < 1.29 is 23.1 Å². The van der Waals surface area contributed by atoms with Crippen molar-refractivity contribution in [2.75, 3.05) is 32.7 Å². The molecule has 5 nitrogen and oxygen atoms in total. The van der Waals surface area contributed by atoms with Crippen LogP contribution in [0.3, 0.4) is 0 Å². The van der Waals surface area contributed by atoms with Gasteiger partial charge in [0.15, 0.2) is 6.10 Å². The number of amides is 2. The summed E-state index contributed by atoms with van der Waals surface area (Å²) in [7, 11) is 0. The zero-order valence-corrected chi connectivity index (χ0v) is 14.1. The van der Waals surface area contributed by atoms with Crippen molar-refractivity contribution >= 4 is 6.03 Å². The van der Waals surface area contributed by atoms with Gasteiger partial charge in [-0.3, -0.25) is 4.90 Å². The maximum absolute atomic E-state index is 12.5. The number of halogens is 3. The summed E-state index contributed by atoms with van der Waals surface area (Å²) < 4.78 is 37.5. The summed E-state index contributed by atoms with van der Waals surface area (Å²) >= 11 is 0. The number of nitrogens with zero attached hydrogens (tertiary/aromatic N) is 2. The lowest BCUT2D eigenvalue weighted by molar-refractivity contribution is -0.222. The molecule has 1 aliphatic heterocycles. The topological polar surface area (TPSA) is 55.8 Å². The minimum absolute atomic E-state index is 0.166. The number of nitrogens with one attached hydrogen (secondary N) is 1. The van der Waals surface area contributed by atoms with E-state index in [1.54, 1.807) is 0 Å². The van der Waals surface area contributed by atoms with Crippen molar-refractivity contribution in [3.05, 3.63) is 0 Å². The second-order valence-corrected chi connectivity index (χ2v) is 6.07. The highest BCUT2D eigenvalue weighted by Crippen LogP contribution is 2.31. The largest absolute Gasteiger partial charge is 0.414 e. The van der Waals surface area contributed by atoms with E-state index in [0.717, 1.165) is 13.1 Å². The zero-order valence-electron chi connectivity index (χ0n) is 14.1. The molecule has 1 rings (SSSR count). The molecule has 1 saturated heterocycles. The Morgan fingerprint density at radius 3 is 2.26 bits per heavy atom. The van der Waals surface area contributed by atoms with Gasteiger partial charge in [0, 0.05) is 25.7 Å². The molecule has 0 spiro atoms. The van der Waals surface area contributed by atoms with Gasteiger partial charge in [-0.15, -0.1) is 0 Å². The maximum Gasteiger partial charge on any atom is 0.414 e. The number of rotatable bonds is 6. The Hall–Kier alpha value is -1.02. The van der Waals surface area contributed by atoms with E-state index >= 15 is 0 Å². The first-order valence-electron chi connectivity index (χ1n) is 8.22. The third-order valence-electron chi connectivity index (χ3n) is 4.59. The van der Waals surface area contributed by atoms with E-state index in [1.165, 1.54) is 4.90 Å². The molecule has 2 unspecified atom stereocenters.